The molecule has 0 aliphatic carbocycles. The minimum atomic E-state index is -3.75. The van der Waals surface area contributed by atoms with Gasteiger partial charge in [0, 0.05) is 16.8 Å². The average Bonchev–Trinajstić information content (AvgIpc) is 2.92. The van der Waals surface area contributed by atoms with Crippen molar-refractivity contribution >= 4 is 45.1 Å². The molecule has 1 heterocycles. The number of nitrogens with one attached hydrogen (secondary N) is 1. The lowest BCUT2D eigenvalue weighted by Crippen LogP contribution is -2.26. The maximum Gasteiger partial charge on any atom is 0.586 e. The summed E-state index contributed by atoms with van der Waals surface area (Å²) in [7, 11) is 0. The number of carbonyl (C=O) groups is 2. The molecule has 1 N–H and O–H groups in total. The Morgan fingerprint density at radius 2 is 1.86 bits per heavy atom. The van der Waals surface area contributed by atoms with E-state index in [4.69, 9.17) is 21.1 Å². The number of hydrogen-bond donors (Lipinski definition) is 1. The standard InChI is InChI=1S/C17H11BrClF2NO6/c18-11-5-9(19)1-3-12(11)25-8-16(24)26-7-15(23)22-10-2-4-13-14(6-10)28-17(20,21)27-13/h1-6H,7-8H2,(H,22,23). The molecule has 1 aliphatic rings. The summed E-state index contributed by atoms with van der Waals surface area (Å²) in [4.78, 5) is 23.5. The highest BCUT2D eigenvalue weighted by molar-refractivity contribution is 9.10. The van der Waals surface area contributed by atoms with Gasteiger partial charge in [0.15, 0.2) is 24.7 Å². The third-order valence-electron chi connectivity index (χ3n) is 3.29. The maximum absolute atomic E-state index is 13.0. The zero-order valence-electron chi connectivity index (χ0n) is 13.8. The zero-order valence-corrected chi connectivity index (χ0v) is 16.2. The second-order valence-electron chi connectivity index (χ2n) is 5.40. The van der Waals surface area contributed by atoms with Gasteiger partial charge in [-0.3, -0.25) is 4.79 Å². The SMILES string of the molecule is O=C(COC(=O)COc1ccc(Cl)cc1Br)Nc1ccc2c(c1)OC(F)(F)O2. The van der Waals surface area contributed by atoms with Crippen molar-refractivity contribution in [1.29, 1.82) is 0 Å². The highest BCUT2D eigenvalue weighted by Crippen LogP contribution is 2.42. The van der Waals surface area contributed by atoms with E-state index in [0.717, 1.165) is 6.07 Å². The van der Waals surface area contributed by atoms with E-state index in [-0.39, 0.29) is 17.2 Å². The Bertz CT molecular complexity index is 927. The second kappa shape index (κ2) is 8.19. The molecule has 0 fully saturated rings. The van der Waals surface area contributed by atoms with Crippen LogP contribution in [0.5, 0.6) is 17.2 Å². The number of hydrogen-bond acceptors (Lipinski definition) is 6. The molecule has 148 valence electrons. The Kier molecular flexibility index (Phi) is 5.90. The van der Waals surface area contributed by atoms with Gasteiger partial charge in [-0.25, -0.2) is 4.79 Å². The van der Waals surface area contributed by atoms with Crippen LogP contribution >= 0.6 is 27.5 Å². The van der Waals surface area contributed by atoms with Gasteiger partial charge >= 0.3 is 12.3 Å². The predicted octanol–water partition coefficient (Wildman–Crippen LogP) is 3.98. The molecule has 0 bridgehead atoms. The Labute approximate surface area is 170 Å². The summed E-state index contributed by atoms with van der Waals surface area (Å²) in [5, 5.41) is 2.88. The number of benzene rings is 2. The van der Waals surface area contributed by atoms with Gasteiger partial charge in [-0.05, 0) is 46.3 Å². The molecule has 2 aromatic rings. The van der Waals surface area contributed by atoms with Crippen LogP contribution in [0.25, 0.3) is 0 Å². The third kappa shape index (κ3) is 5.23. The topological polar surface area (TPSA) is 83.1 Å². The fraction of sp³-hybridized carbons (Fsp3) is 0.176. The molecule has 0 spiro atoms. The molecule has 0 unspecified atom stereocenters. The molecular formula is C17H11BrClF2NO6. The van der Waals surface area contributed by atoms with Crippen LogP contribution in [-0.2, 0) is 14.3 Å². The number of alkyl halides is 2. The molecule has 7 nitrogen and oxygen atoms in total. The smallest absolute Gasteiger partial charge is 0.481 e. The van der Waals surface area contributed by atoms with Gasteiger partial charge < -0.3 is 24.3 Å². The third-order valence-corrected chi connectivity index (χ3v) is 4.14. The number of carbonyl (C=O) groups excluding carboxylic acids is 2. The normalized spacial score (nSPS) is 13.7. The lowest BCUT2D eigenvalue weighted by molar-refractivity contribution is -0.286. The Hall–Kier alpha value is -2.59. The molecule has 28 heavy (non-hydrogen) atoms. The van der Waals surface area contributed by atoms with Crippen LogP contribution in [-0.4, -0.2) is 31.4 Å². The van der Waals surface area contributed by atoms with Gasteiger partial charge in [0.1, 0.15) is 5.75 Å². The molecule has 11 heteroatoms. The quantitative estimate of drug-likeness (QED) is 0.633. The monoisotopic (exact) mass is 477 g/mol. The summed E-state index contributed by atoms with van der Waals surface area (Å²) < 4.78 is 45.1. The van der Waals surface area contributed by atoms with Gasteiger partial charge in [-0.2, -0.15) is 0 Å². The van der Waals surface area contributed by atoms with Gasteiger partial charge in [-0.15, -0.1) is 8.78 Å². The van der Waals surface area contributed by atoms with E-state index < -0.39 is 31.4 Å². The molecule has 0 atom stereocenters. The van der Waals surface area contributed by atoms with E-state index in [0.29, 0.717) is 15.2 Å². The lowest BCUT2D eigenvalue weighted by Gasteiger charge is -2.09. The number of esters is 1. The predicted molar refractivity (Wildman–Crippen MR) is 96.9 cm³/mol. The van der Waals surface area contributed by atoms with Gasteiger partial charge in [0.05, 0.1) is 4.47 Å². The van der Waals surface area contributed by atoms with E-state index in [1.54, 1.807) is 18.2 Å². The molecule has 0 saturated heterocycles. The van der Waals surface area contributed by atoms with Crippen LogP contribution in [0.15, 0.2) is 40.9 Å². The van der Waals surface area contributed by atoms with Gasteiger partial charge in [0.25, 0.3) is 5.91 Å². The van der Waals surface area contributed by atoms with Crippen LogP contribution in [0.2, 0.25) is 5.02 Å². The highest BCUT2D eigenvalue weighted by atomic mass is 79.9. The first kappa shape index (κ1) is 20.2. The molecule has 0 saturated carbocycles. The van der Waals surface area contributed by atoms with Gasteiger partial charge in [0.2, 0.25) is 0 Å². The average molecular weight is 479 g/mol. The van der Waals surface area contributed by atoms with Crippen molar-refractivity contribution in [3.63, 3.8) is 0 Å². The molecule has 0 radical (unpaired) electrons. The molecule has 1 aliphatic heterocycles. The van der Waals surface area contributed by atoms with E-state index >= 15 is 0 Å². The minimum absolute atomic E-state index is 0.153. The Morgan fingerprint density at radius 3 is 2.61 bits per heavy atom. The summed E-state index contributed by atoms with van der Waals surface area (Å²) in [5.74, 6) is -1.45. The summed E-state index contributed by atoms with van der Waals surface area (Å²) in [5.41, 5.74) is 0.169. The van der Waals surface area contributed by atoms with Crippen molar-refractivity contribution < 1.29 is 37.3 Å². The fourth-order valence-corrected chi connectivity index (χ4v) is 2.94. The zero-order chi connectivity index (χ0) is 20.3. The largest absolute Gasteiger partial charge is 0.586 e. The molecule has 2 aromatic carbocycles. The summed E-state index contributed by atoms with van der Waals surface area (Å²) in [6.45, 7) is -1.01. The van der Waals surface area contributed by atoms with Crippen molar-refractivity contribution in [2.75, 3.05) is 18.5 Å². The van der Waals surface area contributed by atoms with E-state index in [9.17, 15) is 18.4 Å². The first-order chi connectivity index (χ1) is 13.2. The van der Waals surface area contributed by atoms with Crippen LogP contribution < -0.4 is 19.5 Å². The first-order valence-electron chi connectivity index (χ1n) is 7.65. The van der Waals surface area contributed by atoms with Crippen LogP contribution in [0.1, 0.15) is 0 Å². The second-order valence-corrected chi connectivity index (χ2v) is 6.69. The maximum atomic E-state index is 13.0. The number of anilines is 1. The van der Waals surface area contributed by atoms with Gasteiger partial charge in [-0.1, -0.05) is 11.6 Å². The summed E-state index contributed by atoms with van der Waals surface area (Å²) in [6, 6.07) is 8.46. The van der Waals surface area contributed by atoms with Crippen molar-refractivity contribution in [2.45, 2.75) is 6.29 Å². The fourth-order valence-electron chi connectivity index (χ4n) is 2.14. The number of halogens is 4. The number of ether oxygens (including phenoxy) is 4. The van der Waals surface area contributed by atoms with E-state index in [1.807, 2.05) is 0 Å². The van der Waals surface area contributed by atoms with Crippen molar-refractivity contribution in [2.24, 2.45) is 0 Å². The van der Waals surface area contributed by atoms with Crippen LogP contribution in [0.3, 0.4) is 0 Å². The first-order valence-corrected chi connectivity index (χ1v) is 8.82. The van der Waals surface area contributed by atoms with Crippen LogP contribution in [0.4, 0.5) is 14.5 Å². The Morgan fingerprint density at radius 1 is 1.11 bits per heavy atom. The summed E-state index contributed by atoms with van der Waals surface area (Å²) >= 11 is 9.04. The van der Waals surface area contributed by atoms with Crippen molar-refractivity contribution in [3.8, 4) is 17.2 Å². The molecular weight excluding hydrogens is 468 g/mol. The Balaban J connectivity index is 1.45. The highest BCUT2D eigenvalue weighted by Gasteiger charge is 2.43. The van der Waals surface area contributed by atoms with Crippen molar-refractivity contribution in [3.05, 3.63) is 45.9 Å². The van der Waals surface area contributed by atoms with Crippen LogP contribution in [0, 0.1) is 0 Å². The molecule has 1 amide bonds. The van der Waals surface area contributed by atoms with Crippen molar-refractivity contribution in [1.82, 2.24) is 0 Å². The van der Waals surface area contributed by atoms with E-state index in [1.165, 1.54) is 12.1 Å². The molecule has 0 aromatic heterocycles. The summed E-state index contributed by atoms with van der Waals surface area (Å²) in [6.07, 6.45) is -3.75. The lowest BCUT2D eigenvalue weighted by atomic mass is 10.3. The number of rotatable bonds is 6. The molecule has 3 rings (SSSR count). The minimum Gasteiger partial charge on any atom is -0.481 e. The number of amides is 1. The number of fused-ring (bicyclic) bond motifs is 1. The van der Waals surface area contributed by atoms with E-state index in [2.05, 4.69) is 30.7 Å².